The van der Waals surface area contributed by atoms with Crippen molar-refractivity contribution >= 4 is 34.3 Å². The second-order valence-electron chi connectivity index (χ2n) is 1.74. The zero-order chi connectivity index (χ0) is 8.69. The Hall–Kier alpha value is 0.330. The first-order chi connectivity index (χ1) is 5.20. The SMILES string of the molecule is C=CCS/C(=C\S(C)=O)SC. The molecule has 0 radical (unpaired) electrons. The van der Waals surface area contributed by atoms with Crippen molar-refractivity contribution in [3.05, 3.63) is 22.3 Å². The Balaban J connectivity index is 3.93. The van der Waals surface area contributed by atoms with E-state index in [1.165, 1.54) is 0 Å². The summed E-state index contributed by atoms with van der Waals surface area (Å²) in [4.78, 5) is 0. The topological polar surface area (TPSA) is 17.1 Å². The molecule has 0 N–H and O–H groups in total. The monoisotopic (exact) mass is 208 g/mol. The smallest absolute Gasteiger partial charge is 0.0490 e. The molecule has 11 heavy (non-hydrogen) atoms. The molecule has 0 saturated carbocycles. The number of hydrogen-bond donors (Lipinski definition) is 0. The molecule has 0 aromatic carbocycles. The molecule has 0 aliphatic heterocycles. The lowest BCUT2D eigenvalue weighted by atomic mass is 10.8. The van der Waals surface area contributed by atoms with E-state index in [4.69, 9.17) is 0 Å². The van der Waals surface area contributed by atoms with Crippen molar-refractivity contribution in [2.45, 2.75) is 0 Å². The molecule has 1 nitrogen and oxygen atoms in total. The highest BCUT2D eigenvalue weighted by Crippen LogP contribution is 2.26. The summed E-state index contributed by atoms with van der Waals surface area (Å²) in [6.45, 7) is 3.61. The lowest BCUT2D eigenvalue weighted by Gasteiger charge is -1.98. The van der Waals surface area contributed by atoms with E-state index < -0.39 is 10.8 Å². The van der Waals surface area contributed by atoms with E-state index in [1.54, 1.807) is 35.2 Å². The Labute approximate surface area is 79.2 Å². The second-order valence-corrected chi connectivity index (χ2v) is 5.14. The summed E-state index contributed by atoms with van der Waals surface area (Å²) in [6.07, 6.45) is 5.49. The summed E-state index contributed by atoms with van der Waals surface area (Å²) in [5, 5.41) is 1.76. The molecule has 64 valence electrons. The highest BCUT2D eigenvalue weighted by atomic mass is 32.2. The van der Waals surface area contributed by atoms with Crippen molar-refractivity contribution < 1.29 is 4.21 Å². The maximum Gasteiger partial charge on any atom is 0.0490 e. The van der Waals surface area contributed by atoms with Crippen LogP contribution in [0.1, 0.15) is 0 Å². The van der Waals surface area contributed by atoms with Gasteiger partial charge in [-0.15, -0.1) is 30.1 Å². The first kappa shape index (κ1) is 11.3. The normalized spacial score (nSPS) is 14.5. The number of hydrogen-bond acceptors (Lipinski definition) is 3. The van der Waals surface area contributed by atoms with Crippen molar-refractivity contribution in [3.63, 3.8) is 0 Å². The molecule has 4 heteroatoms. The Kier molecular flexibility index (Phi) is 7.22. The Morgan fingerprint density at radius 3 is 2.73 bits per heavy atom. The zero-order valence-electron chi connectivity index (χ0n) is 6.70. The molecule has 1 atom stereocenters. The highest BCUT2D eigenvalue weighted by molar-refractivity contribution is 8.22. The van der Waals surface area contributed by atoms with Crippen LogP contribution >= 0.6 is 23.5 Å². The molecule has 0 spiro atoms. The molecule has 0 bridgehead atoms. The average Bonchev–Trinajstić information content (AvgIpc) is 1.97. The van der Waals surface area contributed by atoms with Gasteiger partial charge < -0.3 is 0 Å². The molecule has 0 heterocycles. The molecule has 0 amide bonds. The molecular weight excluding hydrogens is 196 g/mol. The highest BCUT2D eigenvalue weighted by Gasteiger charge is 1.94. The van der Waals surface area contributed by atoms with Gasteiger partial charge in [-0.2, -0.15) is 0 Å². The lowest BCUT2D eigenvalue weighted by molar-refractivity contribution is 0.691. The van der Waals surface area contributed by atoms with Gasteiger partial charge >= 0.3 is 0 Å². The van der Waals surface area contributed by atoms with Crippen LogP contribution in [-0.4, -0.2) is 22.5 Å². The average molecular weight is 208 g/mol. The van der Waals surface area contributed by atoms with Crippen LogP contribution in [0.25, 0.3) is 0 Å². The fourth-order valence-electron chi connectivity index (χ4n) is 0.418. The summed E-state index contributed by atoms with van der Waals surface area (Å²) in [6, 6.07) is 0. The van der Waals surface area contributed by atoms with Crippen LogP contribution in [-0.2, 0) is 10.8 Å². The Morgan fingerprint density at radius 2 is 2.36 bits per heavy atom. The van der Waals surface area contributed by atoms with Crippen molar-refractivity contribution in [1.82, 2.24) is 0 Å². The van der Waals surface area contributed by atoms with Gasteiger partial charge in [0, 0.05) is 32.5 Å². The third kappa shape index (κ3) is 6.72. The standard InChI is InChI=1S/C7H12OS3/c1-4-5-10-7(9-2)6-11(3)8/h4,6H,1,5H2,2-3H3/b7-6-. The van der Waals surface area contributed by atoms with Crippen LogP contribution in [0.15, 0.2) is 22.3 Å². The molecule has 0 aromatic heterocycles. The summed E-state index contributed by atoms with van der Waals surface area (Å²) in [5.74, 6) is 0.879. The molecule has 0 rings (SSSR count). The largest absolute Gasteiger partial charge is 0.255 e. The quantitative estimate of drug-likeness (QED) is 0.646. The molecule has 0 aliphatic carbocycles. The second kappa shape index (κ2) is 7.00. The minimum atomic E-state index is -0.837. The van der Waals surface area contributed by atoms with Crippen LogP contribution in [0.5, 0.6) is 0 Å². The van der Waals surface area contributed by atoms with Gasteiger partial charge in [0.2, 0.25) is 0 Å². The van der Waals surface area contributed by atoms with Crippen LogP contribution in [0.3, 0.4) is 0 Å². The predicted molar refractivity (Wildman–Crippen MR) is 58.3 cm³/mol. The third-order valence-electron chi connectivity index (χ3n) is 0.807. The first-order valence-corrected chi connectivity index (χ1v) is 6.85. The van der Waals surface area contributed by atoms with E-state index in [-0.39, 0.29) is 0 Å². The lowest BCUT2D eigenvalue weighted by Crippen LogP contribution is -1.79. The minimum absolute atomic E-state index is 0.837. The Morgan fingerprint density at radius 1 is 1.73 bits per heavy atom. The summed E-state index contributed by atoms with van der Waals surface area (Å²) < 4.78 is 11.9. The van der Waals surface area contributed by atoms with E-state index in [9.17, 15) is 4.21 Å². The number of thioether (sulfide) groups is 2. The van der Waals surface area contributed by atoms with Gasteiger partial charge in [0.1, 0.15) is 0 Å². The maximum absolute atomic E-state index is 10.8. The van der Waals surface area contributed by atoms with Crippen LogP contribution in [0, 0.1) is 0 Å². The zero-order valence-corrected chi connectivity index (χ0v) is 9.15. The molecular formula is C7H12OS3. The predicted octanol–water partition coefficient (Wildman–Crippen LogP) is 2.45. The van der Waals surface area contributed by atoms with Gasteiger partial charge in [-0.05, 0) is 6.26 Å². The van der Waals surface area contributed by atoms with Crippen molar-refractivity contribution in [2.75, 3.05) is 18.3 Å². The molecule has 0 fully saturated rings. The fourth-order valence-corrected chi connectivity index (χ4v) is 3.12. The summed E-state index contributed by atoms with van der Waals surface area (Å²) in [7, 11) is -0.837. The van der Waals surface area contributed by atoms with Gasteiger partial charge in [0.15, 0.2) is 0 Å². The van der Waals surface area contributed by atoms with E-state index in [0.29, 0.717) is 0 Å². The van der Waals surface area contributed by atoms with Crippen molar-refractivity contribution in [1.29, 1.82) is 0 Å². The minimum Gasteiger partial charge on any atom is -0.255 e. The van der Waals surface area contributed by atoms with Crippen LogP contribution in [0.2, 0.25) is 0 Å². The van der Waals surface area contributed by atoms with Gasteiger partial charge in [-0.3, -0.25) is 4.21 Å². The van der Waals surface area contributed by atoms with Gasteiger partial charge in [0.05, 0.1) is 0 Å². The molecule has 1 unspecified atom stereocenters. The van der Waals surface area contributed by atoms with E-state index in [2.05, 4.69) is 6.58 Å². The Bertz CT molecular complexity index is 175. The molecule has 0 saturated heterocycles. The van der Waals surface area contributed by atoms with E-state index in [0.717, 1.165) is 9.99 Å². The first-order valence-electron chi connectivity index (χ1n) is 3.02. The van der Waals surface area contributed by atoms with Crippen molar-refractivity contribution in [2.24, 2.45) is 0 Å². The summed E-state index contributed by atoms with van der Waals surface area (Å²) in [5.41, 5.74) is 0. The van der Waals surface area contributed by atoms with Gasteiger partial charge in [0.25, 0.3) is 0 Å². The maximum atomic E-state index is 10.8. The van der Waals surface area contributed by atoms with Crippen LogP contribution in [0.4, 0.5) is 0 Å². The fraction of sp³-hybridized carbons (Fsp3) is 0.429. The molecule has 0 aliphatic rings. The van der Waals surface area contributed by atoms with E-state index >= 15 is 0 Å². The third-order valence-corrected chi connectivity index (χ3v) is 3.85. The van der Waals surface area contributed by atoms with Crippen LogP contribution < -0.4 is 0 Å². The summed E-state index contributed by atoms with van der Waals surface area (Å²) >= 11 is 3.28. The van der Waals surface area contributed by atoms with E-state index in [1.807, 2.05) is 12.3 Å². The molecule has 0 aromatic rings. The van der Waals surface area contributed by atoms with Crippen molar-refractivity contribution in [3.8, 4) is 0 Å². The number of rotatable bonds is 5. The van der Waals surface area contributed by atoms with Gasteiger partial charge in [-0.25, -0.2) is 0 Å². The van der Waals surface area contributed by atoms with Gasteiger partial charge in [-0.1, -0.05) is 6.08 Å².